The predicted molar refractivity (Wildman–Crippen MR) is 57.4 cm³/mol. The van der Waals surface area contributed by atoms with Crippen LogP contribution >= 0.6 is 10.7 Å². The summed E-state index contributed by atoms with van der Waals surface area (Å²) in [6, 6.07) is 2.45. The molecule has 0 aliphatic carbocycles. The highest BCUT2D eigenvalue weighted by molar-refractivity contribution is 8.13. The van der Waals surface area contributed by atoms with E-state index in [0.29, 0.717) is 0 Å². The van der Waals surface area contributed by atoms with Gasteiger partial charge in [0, 0.05) is 22.8 Å². The van der Waals surface area contributed by atoms with E-state index in [2.05, 4.69) is 14.8 Å². The van der Waals surface area contributed by atoms with Gasteiger partial charge in [0.15, 0.2) is 16.4 Å². The van der Waals surface area contributed by atoms with Crippen molar-refractivity contribution in [3.63, 3.8) is 0 Å². The standard InChI is InChI=1S/C8H6ClN3O4S/c1-16-8(13)5-4-7(17(9,14)15)12-6(11-5)2-3-10-12/h2-4H,1H3. The number of carbonyl (C=O) groups is 1. The second kappa shape index (κ2) is 3.97. The van der Waals surface area contributed by atoms with Crippen molar-refractivity contribution in [2.24, 2.45) is 0 Å². The summed E-state index contributed by atoms with van der Waals surface area (Å²) in [6.45, 7) is 0. The Morgan fingerprint density at radius 2 is 2.24 bits per heavy atom. The molecule has 17 heavy (non-hydrogen) atoms. The number of carbonyl (C=O) groups excluding carboxylic acids is 1. The molecule has 2 aromatic rings. The topological polar surface area (TPSA) is 90.6 Å². The Bertz CT molecular complexity index is 694. The Hall–Kier alpha value is -1.67. The van der Waals surface area contributed by atoms with Gasteiger partial charge >= 0.3 is 5.97 Å². The number of fused-ring (bicyclic) bond motifs is 1. The Morgan fingerprint density at radius 1 is 1.53 bits per heavy atom. The molecular formula is C8H6ClN3O4S. The van der Waals surface area contributed by atoms with E-state index in [1.807, 2.05) is 0 Å². The van der Waals surface area contributed by atoms with Crippen LogP contribution in [0.3, 0.4) is 0 Å². The zero-order valence-corrected chi connectivity index (χ0v) is 10.1. The maximum Gasteiger partial charge on any atom is 0.356 e. The molecule has 2 heterocycles. The number of nitrogens with zero attached hydrogens (tertiary/aromatic N) is 3. The number of esters is 1. The third-order valence-electron chi connectivity index (χ3n) is 1.97. The number of rotatable bonds is 2. The monoisotopic (exact) mass is 275 g/mol. The van der Waals surface area contributed by atoms with Crippen LogP contribution in [0.1, 0.15) is 10.5 Å². The summed E-state index contributed by atoms with van der Waals surface area (Å²) in [5.74, 6) is -0.754. The van der Waals surface area contributed by atoms with Crippen LogP contribution in [0.15, 0.2) is 23.4 Å². The van der Waals surface area contributed by atoms with Crippen LogP contribution in [0.2, 0.25) is 0 Å². The van der Waals surface area contributed by atoms with Crippen molar-refractivity contribution in [3.8, 4) is 0 Å². The van der Waals surface area contributed by atoms with Gasteiger partial charge in [-0.3, -0.25) is 0 Å². The van der Waals surface area contributed by atoms with E-state index in [1.54, 1.807) is 0 Å². The van der Waals surface area contributed by atoms with Crippen LogP contribution in [0.25, 0.3) is 5.65 Å². The number of methoxy groups -OCH3 is 1. The van der Waals surface area contributed by atoms with Gasteiger partial charge in [-0.1, -0.05) is 0 Å². The highest BCUT2D eigenvalue weighted by Gasteiger charge is 2.20. The zero-order chi connectivity index (χ0) is 12.6. The van der Waals surface area contributed by atoms with Crippen LogP contribution in [-0.2, 0) is 13.8 Å². The van der Waals surface area contributed by atoms with Gasteiger partial charge < -0.3 is 4.74 Å². The second-order valence-electron chi connectivity index (χ2n) is 3.01. The average molecular weight is 276 g/mol. The van der Waals surface area contributed by atoms with Gasteiger partial charge in [0.25, 0.3) is 9.05 Å². The quantitative estimate of drug-likeness (QED) is 0.449. The first kappa shape index (κ1) is 11.8. The smallest absolute Gasteiger partial charge is 0.356 e. The van der Waals surface area contributed by atoms with Crippen LogP contribution in [0.5, 0.6) is 0 Å². The first-order valence-electron chi connectivity index (χ1n) is 4.31. The van der Waals surface area contributed by atoms with Gasteiger partial charge in [-0.2, -0.15) is 5.10 Å². The summed E-state index contributed by atoms with van der Waals surface area (Å²) in [6.07, 6.45) is 1.34. The van der Waals surface area contributed by atoms with Crippen molar-refractivity contribution in [2.45, 2.75) is 5.03 Å². The van der Waals surface area contributed by atoms with Crippen LogP contribution in [-0.4, -0.2) is 36.1 Å². The lowest BCUT2D eigenvalue weighted by molar-refractivity contribution is 0.0593. The highest BCUT2D eigenvalue weighted by Crippen LogP contribution is 2.17. The summed E-state index contributed by atoms with van der Waals surface area (Å²) in [5, 5.41) is 3.41. The number of aromatic nitrogens is 3. The minimum atomic E-state index is -4.04. The predicted octanol–water partition coefficient (Wildman–Crippen LogP) is 0.443. The van der Waals surface area contributed by atoms with E-state index in [4.69, 9.17) is 10.7 Å². The lowest BCUT2D eigenvalue weighted by atomic mass is 10.4. The fourth-order valence-electron chi connectivity index (χ4n) is 1.27. The molecule has 0 bridgehead atoms. The molecule has 0 saturated carbocycles. The molecule has 90 valence electrons. The highest BCUT2D eigenvalue weighted by atomic mass is 35.7. The molecule has 9 heteroatoms. The molecule has 0 N–H and O–H groups in total. The van der Waals surface area contributed by atoms with E-state index in [9.17, 15) is 13.2 Å². The normalized spacial score (nSPS) is 11.6. The molecule has 0 aromatic carbocycles. The molecular weight excluding hydrogens is 270 g/mol. The van der Waals surface area contributed by atoms with E-state index in [-0.39, 0.29) is 16.4 Å². The Morgan fingerprint density at radius 3 is 2.82 bits per heavy atom. The van der Waals surface area contributed by atoms with E-state index in [1.165, 1.54) is 19.4 Å². The third kappa shape index (κ3) is 2.08. The molecule has 0 saturated heterocycles. The number of hydrogen-bond donors (Lipinski definition) is 0. The molecule has 7 nitrogen and oxygen atoms in total. The first-order valence-corrected chi connectivity index (χ1v) is 6.62. The van der Waals surface area contributed by atoms with Crippen LogP contribution < -0.4 is 0 Å². The van der Waals surface area contributed by atoms with Crippen LogP contribution in [0, 0.1) is 0 Å². The molecule has 0 spiro atoms. The van der Waals surface area contributed by atoms with Gasteiger partial charge in [-0.15, -0.1) is 0 Å². The fourth-order valence-corrected chi connectivity index (χ4v) is 2.20. The average Bonchev–Trinajstić information content (AvgIpc) is 2.72. The Labute approximate surface area is 100 Å². The molecule has 0 aliphatic heterocycles. The SMILES string of the molecule is COC(=O)c1cc(S(=O)(=O)Cl)n2nccc2n1. The number of ether oxygens (including phenoxy) is 1. The van der Waals surface area contributed by atoms with Crippen molar-refractivity contribution < 1.29 is 17.9 Å². The number of halogens is 1. The Balaban J connectivity index is 2.81. The molecule has 0 atom stereocenters. The van der Waals surface area contributed by atoms with Crippen molar-refractivity contribution in [1.82, 2.24) is 14.6 Å². The van der Waals surface area contributed by atoms with E-state index >= 15 is 0 Å². The van der Waals surface area contributed by atoms with Gasteiger partial charge in [-0.05, 0) is 0 Å². The maximum absolute atomic E-state index is 11.3. The van der Waals surface area contributed by atoms with Gasteiger partial charge in [0.2, 0.25) is 0 Å². The minimum Gasteiger partial charge on any atom is -0.464 e. The molecule has 0 amide bonds. The summed E-state index contributed by atoms with van der Waals surface area (Å²) >= 11 is 0. The first-order chi connectivity index (χ1) is 7.93. The van der Waals surface area contributed by atoms with Gasteiger partial charge in [0.1, 0.15) is 0 Å². The molecule has 2 aromatic heterocycles. The van der Waals surface area contributed by atoms with Gasteiger partial charge in [0.05, 0.1) is 13.3 Å². The number of hydrogen-bond acceptors (Lipinski definition) is 6. The fraction of sp³-hybridized carbons (Fsp3) is 0.125. The van der Waals surface area contributed by atoms with Crippen LogP contribution in [0.4, 0.5) is 0 Å². The minimum absolute atomic E-state index is 0.153. The van der Waals surface area contributed by atoms with Gasteiger partial charge in [-0.25, -0.2) is 22.7 Å². The Kier molecular flexibility index (Phi) is 2.76. The summed E-state index contributed by atoms with van der Waals surface area (Å²) < 4.78 is 28.1. The summed E-state index contributed by atoms with van der Waals surface area (Å²) in [4.78, 5) is 15.2. The van der Waals surface area contributed by atoms with Crippen molar-refractivity contribution in [2.75, 3.05) is 7.11 Å². The summed E-state index contributed by atoms with van der Waals surface area (Å²) in [7, 11) is 2.37. The van der Waals surface area contributed by atoms with Crippen molar-refractivity contribution >= 4 is 31.3 Å². The van der Waals surface area contributed by atoms with Crippen molar-refractivity contribution in [1.29, 1.82) is 0 Å². The second-order valence-corrected chi connectivity index (χ2v) is 5.52. The van der Waals surface area contributed by atoms with E-state index in [0.717, 1.165) is 10.6 Å². The zero-order valence-electron chi connectivity index (χ0n) is 8.49. The van der Waals surface area contributed by atoms with Crippen molar-refractivity contribution in [3.05, 3.63) is 24.0 Å². The maximum atomic E-state index is 11.3. The lowest BCUT2D eigenvalue weighted by Gasteiger charge is -2.03. The lowest BCUT2D eigenvalue weighted by Crippen LogP contribution is -2.10. The molecule has 2 rings (SSSR count). The molecule has 0 radical (unpaired) electrons. The molecule has 0 fully saturated rings. The summed E-state index contributed by atoms with van der Waals surface area (Å²) in [5.41, 5.74) is 0.0341. The third-order valence-corrected chi connectivity index (χ3v) is 3.24. The van der Waals surface area contributed by atoms with E-state index < -0.39 is 15.0 Å². The molecule has 0 aliphatic rings. The largest absolute Gasteiger partial charge is 0.464 e. The molecule has 0 unspecified atom stereocenters.